The molecule has 0 saturated carbocycles. The maximum Gasteiger partial charge on any atom is 0.319 e. The molecule has 0 aromatic heterocycles. The van der Waals surface area contributed by atoms with Gasteiger partial charge in [-0.1, -0.05) is 25.5 Å². The van der Waals surface area contributed by atoms with Gasteiger partial charge in [0.25, 0.3) is 0 Å². The molecule has 21 heavy (non-hydrogen) atoms. The van der Waals surface area contributed by atoms with E-state index >= 15 is 0 Å². The molecule has 4 nitrogen and oxygen atoms in total. The van der Waals surface area contributed by atoms with Gasteiger partial charge in [-0.25, -0.2) is 0 Å². The number of esters is 1. The minimum absolute atomic E-state index is 0.140. The molecule has 0 radical (unpaired) electrons. The predicted molar refractivity (Wildman–Crippen MR) is 81.4 cm³/mol. The summed E-state index contributed by atoms with van der Waals surface area (Å²) in [5, 5.41) is 0. The van der Waals surface area contributed by atoms with Gasteiger partial charge in [-0.3, -0.25) is 9.59 Å². The minimum Gasteiger partial charge on any atom is -0.486 e. The minimum atomic E-state index is -1.18. The van der Waals surface area contributed by atoms with Crippen molar-refractivity contribution in [1.82, 2.24) is 0 Å². The fourth-order valence-corrected chi connectivity index (χ4v) is 1.80. The summed E-state index contributed by atoms with van der Waals surface area (Å²) >= 11 is 0. The van der Waals surface area contributed by atoms with Crippen LogP contribution in [-0.2, 0) is 20.7 Å². The summed E-state index contributed by atoms with van der Waals surface area (Å²) in [6, 6.07) is 7.66. The first-order valence-electron chi connectivity index (χ1n) is 7.34. The molecule has 0 saturated heterocycles. The lowest BCUT2D eigenvalue weighted by molar-refractivity contribution is -0.158. The largest absolute Gasteiger partial charge is 0.486 e. The lowest BCUT2D eigenvalue weighted by atomic mass is 9.88. The number of carbonyl (C=O) groups excluding carboxylic acids is 2. The van der Waals surface area contributed by atoms with E-state index in [4.69, 9.17) is 9.47 Å². The van der Waals surface area contributed by atoms with Crippen LogP contribution in [0.2, 0.25) is 0 Å². The molecule has 0 aliphatic rings. The third-order valence-corrected chi connectivity index (χ3v) is 3.31. The molecule has 0 atom stereocenters. The Balaban J connectivity index is 2.57. The van der Waals surface area contributed by atoms with Crippen molar-refractivity contribution < 1.29 is 19.1 Å². The van der Waals surface area contributed by atoms with Crippen molar-refractivity contribution in [3.05, 3.63) is 29.8 Å². The SMILES string of the molecule is CCCc1ccc(OCC(=O)C(C)(C)C(=O)OCC)cc1. The Labute approximate surface area is 126 Å². The summed E-state index contributed by atoms with van der Waals surface area (Å²) in [7, 11) is 0. The van der Waals surface area contributed by atoms with Crippen molar-refractivity contribution >= 4 is 11.8 Å². The molecule has 0 aliphatic carbocycles. The maximum absolute atomic E-state index is 12.1. The molecule has 0 unspecified atom stereocenters. The van der Waals surface area contributed by atoms with E-state index in [2.05, 4.69) is 6.92 Å². The Kier molecular flexibility index (Phi) is 6.40. The van der Waals surface area contributed by atoms with E-state index in [-0.39, 0.29) is 19.0 Å². The van der Waals surface area contributed by atoms with Crippen LogP contribution < -0.4 is 4.74 Å². The number of Topliss-reactive ketones (excluding diaryl/α,β-unsaturated/α-hetero) is 1. The van der Waals surface area contributed by atoms with Gasteiger partial charge < -0.3 is 9.47 Å². The van der Waals surface area contributed by atoms with Gasteiger partial charge in [0.2, 0.25) is 0 Å². The molecule has 116 valence electrons. The van der Waals surface area contributed by atoms with Gasteiger partial charge >= 0.3 is 5.97 Å². The van der Waals surface area contributed by atoms with E-state index in [1.165, 1.54) is 5.56 Å². The third-order valence-electron chi connectivity index (χ3n) is 3.31. The Morgan fingerprint density at radius 3 is 2.24 bits per heavy atom. The lowest BCUT2D eigenvalue weighted by Gasteiger charge is -2.20. The number of hydrogen-bond donors (Lipinski definition) is 0. The molecule has 0 fully saturated rings. The van der Waals surface area contributed by atoms with Crippen LogP contribution in [0.3, 0.4) is 0 Å². The molecule has 0 amide bonds. The Morgan fingerprint density at radius 2 is 1.71 bits per heavy atom. The average Bonchev–Trinajstić information content (AvgIpc) is 2.46. The van der Waals surface area contributed by atoms with Crippen LogP contribution in [0.15, 0.2) is 24.3 Å². The zero-order valence-electron chi connectivity index (χ0n) is 13.3. The third kappa shape index (κ3) is 4.88. The summed E-state index contributed by atoms with van der Waals surface area (Å²) < 4.78 is 10.4. The second-order valence-electron chi connectivity index (χ2n) is 5.45. The summed E-state index contributed by atoms with van der Waals surface area (Å²) in [6.45, 7) is 7.07. The summed E-state index contributed by atoms with van der Waals surface area (Å²) in [5.41, 5.74) is 0.0565. The molecular weight excluding hydrogens is 268 g/mol. The fourth-order valence-electron chi connectivity index (χ4n) is 1.80. The summed E-state index contributed by atoms with van der Waals surface area (Å²) in [5.74, 6) is -0.182. The molecule has 0 aliphatic heterocycles. The molecule has 1 aromatic carbocycles. The van der Waals surface area contributed by atoms with Crippen molar-refractivity contribution in [2.45, 2.75) is 40.5 Å². The van der Waals surface area contributed by atoms with Gasteiger partial charge in [-0.15, -0.1) is 0 Å². The summed E-state index contributed by atoms with van der Waals surface area (Å²) in [6.07, 6.45) is 2.11. The van der Waals surface area contributed by atoms with Gasteiger partial charge in [-0.05, 0) is 44.9 Å². The van der Waals surface area contributed by atoms with Crippen LogP contribution in [0.4, 0.5) is 0 Å². The van der Waals surface area contributed by atoms with Gasteiger partial charge in [0.05, 0.1) is 6.61 Å². The van der Waals surface area contributed by atoms with Crippen molar-refractivity contribution in [3.63, 3.8) is 0 Å². The highest BCUT2D eigenvalue weighted by molar-refractivity contribution is 6.03. The summed E-state index contributed by atoms with van der Waals surface area (Å²) in [4.78, 5) is 23.8. The first-order valence-corrected chi connectivity index (χ1v) is 7.34. The number of benzene rings is 1. The number of ether oxygens (including phenoxy) is 2. The molecule has 4 heteroatoms. The van der Waals surface area contributed by atoms with Crippen LogP contribution in [-0.4, -0.2) is 25.0 Å². The van der Waals surface area contributed by atoms with E-state index in [0.29, 0.717) is 5.75 Å². The van der Waals surface area contributed by atoms with Crippen molar-refractivity contribution in [2.24, 2.45) is 5.41 Å². The van der Waals surface area contributed by atoms with E-state index in [1.54, 1.807) is 20.8 Å². The standard InChI is InChI=1S/C17H24O4/c1-5-7-13-8-10-14(11-9-13)21-12-15(18)17(3,4)16(19)20-6-2/h8-11H,5-7,12H2,1-4H3. The van der Waals surface area contributed by atoms with Gasteiger partial charge in [-0.2, -0.15) is 0 Å². The Morgan fingerprint density at radius 1 is 1.10 bits per heavy atom. The maximum atomic E-state index is 12.1. The molecule has 0 N–H and O–H groups in total. The molecule has 1 rings (SSSR count). The van der Waals surface area contributed by atoms with E-state index in [9.17, 15) is 9.59 Å². The topological polar surface area (TPSA) is 52.6 Å². The van der Waals surface area contributed by atoms with Gasteiger partial charge in [0.15, 0.2) is 5.78 Å². The van der Waals surface area contributed by atoms with E-state index < -0.39 is 11.4 Å². The fraction of sp³-hybridized carbons (Fsp3) is 0.529. The van der Waals surface area contributed by atoms with Crippen LogP contribution in [0.5, 0.6) is 5.75 Å². The zero-order chi connectivity index (χ0) is 15.9. The second-order valence-corrected chi connectivity index (χ2v) is 5.45. The second kappa shape index (κ2) is 7.81. The van der Waals surface area contributed by atoms with Crippen LogP contribution in [0, 0.1) is 5.41 Å². The van der Waals surface area contributed by atoms with Crippen molar-refractivity contribution in [1.29, 1.82) is 0 Å². The van der Waals surface area contributed by atoms with Crippen molar-refractivity contribution in [2.75, 3.05) is 13.2 Å². The van der Waals surface area contributed by atoms with Crippen LogP contribution in [0.1, 0.15) is 39.7 Å². The first kappa shape index (κ1) is 17.2. The normalized spacial score (nSPS) is 11.0. The van der Waals surface area contributed by atoms with Gasteiger partial charge in [0, 0.05) is 0 Å². The number of hydrogen-bond acceptors (Lipinski definition) is 4. The highest BCUT2D eigenvalue weighted by Crippen LogP contribution is 2.20. The van der Waals surface area contributed by atoms with Crippen molar-refractivity contribution in [3.8, 4) is 5.75 Å². The number of rotatable bonds is 8. The van der Waals surface area contributed by atoms with Crippen LogP contribution >= 0.6 is 0 Å². The Bertz CT molecular complexity index is 474. The lowest BCUT2D eigenvalue weighted by Crippen LogP contribution is -2.38. The van der Waals surface area contributed by atoms with Crippen LogP contribution in [0.25, 0.3) is 0 Å². The van der Waals surface area contributed by atoms with E-state index in [1.807, 2.05) is 24.3 Å². The average molecular weight is 292 g/mol. The van der Waals surface area contributed by atoms with E-state index in [0.717, 1.165) is 12.8 Å². The smallest absolute Gasteiger partial charge is 0.319 e. The zero-order valence-corrected chi connectivity index (χ0v) is 13.3. The molecule has 0 spiro atoms. The van der Waals surface area contributed by atoms with Gasteiger partial charge in [0.1, 0.15) is 17.8 Å². The Hall–Kier alpha value is -1.84. The monoisotopic (exact) mass is 292 g/mol. The highest BCUT2D eigenvalue weighted by Gasteiger charge is 2.37. The molecule has 1 aromatic rings. The molecular formula is C17H24O4. The predicted octanol–water partition coefficient (Wildman–Crippen LogP) is 3.18. The first-order chi connectivity index (χ1) is 9.91. The number of carbonyl (C=O) groups is 2. The highest BCUT2D eigenvalue weighted by atomic mass is 16.5. The number of aryl methyl sites for hydroxylation is 1. The quantitative estimate of drug-likeness (QED) is 0.545. The number of ketones is 1. The molecule has 0 bridgehead atoms. The molecule has 0 heterocycles.